The van der Waals surface area contributed by atoms with Crippen molar-refractivity contribution < 1.29 is 18.3 Å². The van der Waals surface area contributed by atoms with Crippen molar-refractivity contribution in [3.05, 3.63) is 0 Å². The molecular weight excluding hydrogens is 166 g/mol. The molecule has 0 bridgehead atoms. The highest BCUT2D eigenvalue weighted by atomic mass is 19.3. The summed E-state index contributed by atoms with van der Waals surface area (Å²) in [5.74, 6) is -1.29. The van der Waals surface area contributed by atoms with Gasteiger partial charge in [-0.05, 0) is 20.3 Å². The SMILES string of the molecule is CCOC(=O)C1(C)CC1C(F)F. The average Bonchev–Trinajstić information content (AvgIpc) is 2.65. The van der Waals surface area contributed by atoms with Crippen LogP contribution in [0.2, 0.25) is 0 Å². The van der Waals surface area contributed by atoms with Gasteiger partial charge in [-0.3, -0.25) is 4.79 Å². The lowest BCUT2D eigenvalue weighted by Gasteiger charge is -2.08. The molecule has 1 aliphatic carbocycles. The van der Waals surface area contributed by atoms with Gasteiger partial charge in [0.25, 0.3) is 0 Å². The van der Waals surface area contributed by atoms with Gasteiger partial charge in [0, 0.05) is 5.92 Å². The quantitative estimate of drug-likeness (QED) is 0.616. The summed E-state index contributed by atoms with van der Waals surface area (Å²) in [6.07, 6.45) is -2.15. The third kappa shape index (κ3) is 1.42. The Morgan fingerprint density at radius 1 is 1.75 bits per heavy atom. The van der Waals surface area contributed by atoms with Crippen LogP contribution in [0.15, 0.2) is 0 Å². The van der Waals surface area contributed by atoms with E-state index in [1.807, 2.05) is 0 Å². The number of esters is 1. The fourth-order valence-corrected chi connectivity index (χ4v) is 1.30. The maximum absolute atomic E-state index is 12.1. The van der Waals surface area contributed by atoms with E-state index in [0.717, 1.165) is 0 Å². The number of hydrogen-bond donors (Lipinski definition) is 0. The third-order valence-electron chi connectivity index (χ3n) is 2.35. The zero-order valence-corrected chi connectivity index (χ0v) is 7.14. The van der Waals surface area contributed by atoms with Gasteiger partial charge >= 0.3 is 5.97 Å². The Balaban J connectivity index is 2.49. The van der Waals surface area contributed by atoms with Gasteiger partial charge in [-0.1, -0.05) is 0 Å². The van der Waals surface area contributed by atoms with Crippen LogP contribution in [0.5, 0.6) is 0 Å². The van der Waals surface area contributed by atoms with Crippen molar-refractivity contribution in [1.29, 1.82) is 0 Å². The molecule has 0 N–H and O–H groups in total. The van der Waals surface area contributed by atoms with E-state index in [-0.39, 0.29) is 13.0 Å². The number of carbonyl (C=O) groups excluding carboxylic acids is 1. The van der Waals surface area contributed by atoms with Crippen LogP contribution in [0, 0.1) is 11.3 Å². The molecule has 0 spiro atoms. The Morgan fingerprint density at radius 2 is 2.33 bits per heavy atom. The molecule has 0 heterocycles. The second-order valence-corrected chi connectivity index (χ2v) is 3.28. The number of rotatable bonds is 3. The van der Waals surface area contributed by atoms with Crippen LogP contribution in [0.3, 0.4) is 0 Å². The van der Waals surface area contributed by atoms with Crippen molar-refractivity contribution in [2.75, 3.05) is 6.61 Å². The topological polar surface area (TPSA) is 26.3 Å². The summed E-state index contributed by atoms with van der Waals surface area (Å²) in [6, 6.07) is 0. The summed E-state index contributed by atoms with van der Waals surface area (Å²) in [6.45, 7) is 3.45. The molecule has 2 unspecified atom stereocenters. The molecule has 0 aromatic rings. The molecule has 1 saturated carbocycles. The van der Waals surface area contributed by atoms with Crippen LogP contribution < -0.4 is 0 Å². The summed E-state index contributed by atoms with van der Waals surface area (Å²) >= 11 is 0. The largest absolute Gasteiger partial charge is 0.466 e. The highest BCUT2D eigenvalue weighted by Crippen LogP contribution is 2.56. The van der Waals surface area contributed by atoms with Crippen molar-refractivity contribution in [3.63, 3.8) is 0 Å². The number of halogens is 2. The van der Waals surface area contributed by atoms with Gasteiger partial charge in [-0.2, -0.15) is 0 Å². The van der Waals surface area contributed by atoms with Crippen LogP contribution in [-0.2, 0) is 9.53 Å². The molecule has 2 nitrogen and oxygen atoms in total. The Kier molecular flexibility index (Phi) is 2.35. The predicted octanol–water partition coefficient (Wildman–Crippen LogP) is 1.84. The zero-order chi connectivity index (χ0) is 9.35. The minimum Gasteiger partial charge on any atom is -0.466 e. The lowest BCUT2D eigenvalue weighted by atomic mass is 10.1. The smallest absolute Gasteiger partial charge is 0.312 e. The number of hydrogen-bond acceptors (Lipinski definition) is 2. The summed E-state index contributed by atoms with van der Waals surface area (Å²) in [5.41, 5.74) is -0.913. The molecule has 0 aromatic heterocycles. The molecule has 4 heteroatoms. The van der Waals surface area contributed by atoms with Crippen molar-refractivity contribution in [3.8, 4) is 0 Å². The molecule has 2 atom stereocenters. The van der Waals surface area contributed by atoms with E-state index >= 15 is 0 Å². The fraction of sp³-hybridized carbons (Fsp3) is 0.875. The lowest BCUT2D eigenvalue weighted by molar-refractivity contribution is -0.150. The van der Waals surface area contributed by atoms with Crippen molar-refractivity contribution >= 4 is 5.97 Å². The Bertz CT molecular complexity index is 193. The van der Waals surface area contributed by atoms with Gasteiger partial charge in [0.1, 0.15) is 0 Å². The van der Waals surface area contributed by atoms with Crippen LogP contribution in [0.25, 0.3) is 0 Å². The minimum absolute atomic E-state index is 0.253. The van der Waals surface area contributed by atoms with Crippen molar-refractivity contribution in [2.45, 2.75) is 26.7 Å². The Hall–Kier alpha value is -0.670. The van der Waals surface area contributed by atoms with Crippen molar-refractivity contribution in [1.82, 2.24) is 0 Å². The van der Waals surface area contributed by atoms with E-state index in [2.05, 4.69) is 4.74 Å². The van der Waals surface area contributed by atoms with E-state index < -0.39 is 23.7 Å². The van der Waals surface area contributed by atoms with Crippen molar-refractivity contribution in [2.24, 2.45) is 11.3 Å². The molecule has 12 heavy (non-hydrogen) atoms. The minimum atomic E-state index is -2.40. The summed E-state index contributed by atoms with van der Waals surface area (Å²) in [4.78, 5) is 11.1. The van der Waals surface area contributed by atoms with Crippen LogP contribution in [-0.4, -0.2) is 19.0 Å². The van der Waals surface area contributed by atoms with E-state index in [9.17, 15) is 13.6 Å². The molecular formula is C8H12F2O2. The zero-order valence-electron chi connectivity index (χ0n) is 7.14. The number of ether oxygens (including phenoxy) is 1. The molecule has 0 saturated heterocycles. The number of carbonyl (C=O) groups is 1. The Labute approximate surface area is 69.9 Å². The van der Waals surface area contributed by atoms with E-state index in [4.69, 9.17) is 0 Å². The maximum atomic E-state index is 12.1. The molecule has 70 valence electrons. The first-order valence-electron chi connectivity index (χ1n) is 3.97. The summed E-state index contributed by atoms with van der Waals surface area (Å²) in [7, 11) is 0. The lowest BCUT2D eigenvalue weighted by Crippen LogP contribution is -2.20. The van der Waals surface area contributed by atoms with Gasteiger partial charge in [-0.25, -0.2) is 8.78 Å². The second kappa shape index (κ2) is 2.99. The molecule has 1 fully saturated rings. The normalized spacial score (nSPS) is 33.6. The number of alkyl halides is 2. The van der Waals surface area contributed by atoms with Gasteiger partial charge in [0.2, 0.25) is 6.43 Å². The average molecular weight is 178 g/mol. The van der Waals surface area contributed by atoms with E-state index in [1.54, 1.807) is 6.92 Å². The first kappa shape index (κ1) is 9.42. The molecule has 1 aliphatic rings. The monoisotopic (exact) mass is 178 g/mol. The van der Waals surface area contributed by atoms with E-state index in [1.165, 1.54) is 6.92 Å². The highest BCUT2D eigenvalue weighted by Gasteiger charge is 2.61. The van der Waals surface area contributed by atoms with Crippen LogP contribution in [0.1, 0.15) is 20.3 Å². The molecule has 0 radical (unpaired) electrons. The van der Waals surface area contributed by atoms with Crippen LogP contribution in [0.4, 0.5) is 8.78 Å². The standard InChI is InChI=1S/C8H12F2O2/c1-3-12-7(11)8(2)4-5(8)6(9)10/h5-6H,3-4H2,1-2H3. The van der Waals surface area contributed by atoms with Gasteiger partial charge in [0.15, 0.2) is 0 Å². The highest BCUT2D eigenvalue weighted by molar-refractivity contribution is 5.80. The third-order valence-corrected chi connectivity index (χ3v) is 2.35. The first-order valence-corrected chi connectivity index (χ1v) is 3.97. The predicted molar refractivity (Wildman–Crippen MR) is 38.9 cm³/mol. The van der Waals surface area contributed by atoms with Gasteiger partial charge in [0.05, 0.1) is 12.0 Å². The first-order chi connectivity index (χ1) is 5.52. The molecule has 0 aromatic carbocycles. The summed E-state index contributed by atoms with van der Waals surface area (Å²) in [5, 5.41) is 0. The Morgan fingerprint density at radius 3 is 2.67 bits per heavy atom. The fourth-order valence-electron chi connectivity index (χ4n) is 1.30. The molecule has 0 aliphatic heterocycles. The molecule has 1 rings (SSSR count). The summed E-state index contributed by atoms with van der Waals surface area (Å²) < 4.78 is 28.9. The molecule has 0 amide bonds. The van der Waals surface area contributed by atoms with Gasteiger partial charge < -0.3 is 4.74 Å². The maximum Gasteiger partial charge on any atom is 0.312 e. The van der Waals surface area contributed by atoms with Gasteiger partial charge in [-0.15, -0.1) is 0 Å². The van der Waals surface area contributed by atoms with Crippen LogP contribution >= 0.6 is 0 Å². The van der Waals surface area contributed by atoms with E-state index in [0.29, 0.717) is 0 Å². The second-order valence-electron chi connectivity index (χ2n) is 3.28.